The van der Waals surface area contributed by atoms with Gasteiger partial charge in [-0.15, -0.1) is 0 Å². The highest BCUT2D eigenvalue weighted by atomic mass is 16.5. The number of anilines is 1. The highest BCUT2D eigenvalue weighted by Crippen LogP contribution is 2.23. The van der Waals surface area contributed by atoms with Crippen molar-refractivity contribution in [3.8, 4) is 0 Å². The Kier molecular flexibility index (Phi) is 5.97. The summed E-state index contributed by atoms with van der Waals surface area (Å²) < 4.78 is 10.4. The molecule has 1 aromatic heterocycles. The van der Waals surface area contributed by atoms with Crippen LogP contribution in [0, 0.1) is 20.8 Å². The number of esters is 1. The second kappa shape index (κ2) is 8.60. The Morgan fingerprint density at radius 3 is 2.66 bits per heavy atom. The number of nitrogens with one attached hydrogen (secondary N) is 2. The van der Waals surface area contributed by atoms with E-state index in [0.717, 1.165) is 22.1 Å². The van der Waals surface area contributed by atoms with E-state index in [1.54, 1.807) is 6.07 Å². The van der Waals surface area contributed by atoms with Gasteiger partial charge in [-0.05, 0) is 49.6 Å². The lowest BCUT2D eigenvalue weighted by molar-refractivity contribution is -0.147. The maximum atomic E-state index is 12.0. The summed E-state index contributed by atoms with van der Waals surface area (Å²) in [4.78, 5) is 35.9. The molecule has 0 aliphatic carbocycles. The van der Waals surface area contributed by atoms with E-state index in [4.69, 9.17) is 9.15 Å². The van der Waals surface area contributed by atoms with E-state index in [2.05, 4.69) is 10.6 Å². The molecule has 7 heteroatoms. The molecule has 0 spiro atoms. The van der Waals surface area contributed by atoms with Crippen LogP contribution < -0.4 is 10.6 Å². The van der Waals surface area contributed by atoms with Crippen molar-refractivity contribution >= 4 is 34.6 Å². The van der Waals surface area contributed by atoms with Crippen molar-refractivity contribution in [3.05, 3.63) is 64.9 Å². The Hall–Kier alpha value is -3.61. The van der Waals surface area contributed by atoms with Gasteiger partial charge >= 0.3 is 12.0 Å². The number of ether oxygens (including phenoxy) is 1. The molecule has 150 valence electrons. The van der Waals surface area contributed by atoms with E-state index in [9.17, 15) is 14.4 Å². The van der Waals surface area contributed by atoms with Gasteiger partial charge in [-0.25, -0.2) is 4.79 Å². The monoisotopic (exact) mass is 394 g/mol. The van der Waals surface area contributed by atoms with Crippen LogP contribution in [0.15, 0.2) is 47.1 Å². The Balaban J connectivity index is 1.49. The lowest BCUT2D eigenvalue weighted by atomic mass is 10.1. The van der Waals surface area contributed by atoms with Gasteiger partial charge in [0.1, 0.15) is 5.58 Å². The number of benzene rings is 2. The predicted molar refractivity (Wildman–Crippen MR) is 109 cm³/mol. The normalized spacial score (nSPS) is 10.6. The van der Waals surface area contributed by atoms with E-state index in [-0.39, 0.29) is 6.42 Å². The first kappa shape index (κ1) is 20.1. The lowest BCUT2D eigenvalue weighted by Gasteiger charge is -2.11. The largest absolute Gasteiger partial charge is 0.464 e. The molecule has 0 radical (unpaired) electrons. The summed E-state index contributed by atoms with van der Waals surface area (Å²) in [5.41, 5.74) is 4.95. The van der Waals surface area contributed by atoms with Gasteiger partial charge in [-0.1, -0.05) is 24.3 Å². The number of carbonyl (C=O) groups is 3. The van der Waals surface area contributed by atoms with E-state index < -0.39 is 24.5 Å². The van der Waals surface area contributed by atoms with Crippen LogP contribution in [0.25, 0.3) is 11.0 Å². The van der Waals surface area contributed by atoms with Crippen LogP contribution in [0.1, 0.15) is 22.3 Å². The van der Waals surface area contributed by atoms with Crippen molar-refractivity contribution in [2.75, 3.05) is 11.9 Å². The molecule has 0 fully saturated rings. The van der Waals surface area contributed by atoms with Gasteiger partial charge in [0.2, 0.25) is 0 Å². The number of urea groups is 1. The number of rotatable bonds is 5. The average Bonchev–Trinajstić information content (AvgIpc) is 3.05. The van der Waals surface area contributed by atoms with E-state index in [1.165, 1.54) is 6.26 Å². The van der Waals surface area contributed by atoms with Gasteiger partial charge in [-0.2, -0.15) is 0 Å². The molecule has 0 atom stereocenters. The molecule has 3 aromatic rings. The first-order valence-electron chi connectivity index (χ1n) is 9.13. The van der Waals surface area contributed by atoms with Crippen LogP contribution in [0.5, 0.6) is 0 Å². The standard InChI is InChI=1S/C22H22N2O5/c1-13-7-8-17-16(11-28-19(17)9-13)10-21(26)29-12-20(25)24-22(27)23-18-6-4-5-14(2)15(18)3/h4-9,11H,10,12H2,1-3H3,(H2,23,24,25,27). The third-order valence-corrected chi connectivity index (χ3v) is 4.62. The number of carbonyl (C=O) groups excluding carboxylic acids is 3. The topological polar surface area (TPSA) is 97.6 Å². The molecule has 2 aromatic carbocycles. The summed E-state index contributed by atoms with van der Waals surface area (Å²) in [6.07, 6.45) is 1.47. The predicted octanol–water partition coefficient (Wildman–Crippen LogP) is 3.79. The van der Waals surface area contributed by atoms with Crippen LogP contribution in [-0.2, 0) is 20.7 Å². The van der Waals surface area contributed by atoms with Gasteiger partial charge in [0.15, 0.2) is 6.61 Å². The summed E-state index contributed by atoms with van der Waals surface area (Å²) in [7, 11) is 0. The average molecular weight is 394 g/mol. The molecule has 0 aliphatic heterocycles. The Bertz CT molecular complexity index is 1080. The highest BCUT2D eigenvalue weighted by Gasteiger charge is 2.15. The van der Waals surface area contributed by atoms with Crippen LogP contribution in [0.4, 0.5) is 10.5 Å². The first-order valence-corrected chi connectivity index (χ1v) is 9.13. The number of imide groups is 1. The Morgan fingerprint density at radius 1 is 1.07 bits per heavy atom. The zero-order chi connectivity index (χ0) is 21.0. The van der Waals surface area contributed by atoms with Gasteiger partial charge in [0, 0.05) is 16.6 Å². The smallest absolute Gasteiger partial charge is 0.325 e. The quantitative estimate of drug-likeness (QED) is 0.642. The van der Waals surface area contributed by atoms with Gasteiger partial charge in [0.25, 0.3) is 5.91 Å². The maximum absolute atomic E-state index is 12.0. The molecular weight excluding hydrogens is 372 g/mol. The Morgan fingerprint density at radius 2 is 1.86 bits per heavy atom. The molecule has 29 heavy (non-hydrogen) atoms. The summed E-state index contributed by atoms with van der Waals surface area (Å²) in [6.45, 7) is 5.20. The molecular formula is C22H22N2O5. The number of amides is 3. The van der Waals surface area contributed by atoms with Crippen LogP contribution >= 0.6 is 0 Å². The molecule has 0 bridgehead atoms. The van der Waals surface area contributed by atoms with Crippen molar-refractivity contribution < 1.29 is 23.5 Å². The summed E-state index contributed by atoms with van der Waals surface area (Å²) in [5.74, 6) is -1.30. The summed E-state index contributed by atoms with van der Waals surface area (Å²) in [6, 6.07) is 10.5. The van der Waals surface area contributed by atoms with Crippen molar-refractivity contribution in [2.45, 2.75) is 27.2 Å². The maximum Gasteiger partial charge on any atom is 0.325 e. The van der Waals surface area contributed by atoms with E-state index in [1.807, 2.05) is 51.1 Å². The van der Waals surface area contributed by atoms with Crippen LogP contribution in [-0.4, -0.2) is 24.5 Å². The molecule has 2 N–H and O–H groups in total. The number of hydrogen-bond acceptors (Lipinski definition) is 5. The third kappa shape index (κ3) is 5.01. The van der Waals surface area contributed by atoms with Crippen molar-refractivity contribution in [1.29, 1.82) is 0 Å². The number of aryl methyl sites for hydroxylation is 2. The van der Waals surface area contributed by atoms with Crippen LogP contribution in [0.2, 0.25) is 0 Å². The Labute approximate surface area is 168 Å². The minimum atomic E-state index is -0.714. The molecule has 1 heterocycles. The van der Waals surface area contributed by atoms with Crippen molar-refractivity contribution in [2.24, 2.45) is 0 Å². The summed E-state index contributed by atoms with van der Waals surface area (Å²) >= 11 is 0. The molecule has 0 saturated carbocycles. The minimum Gasteiger partial charge on any atom is -0.464 e. The third-order valence-electron chi connectivity index (χ3n) is 4.62. The fourth-order valence-electron chi connectivity index (χ4n) is 2.88. The number of hydrogen-bond donors (Lipinski definition) is 2. The van der Waals surface area contributed by atoms with Gasteiger partial charge in [-0.3, -0.25) is 14.9 Å². The molecule has 3 amide bonds. The van der Waals surface area contributed by atoms with Gasteiger partial charge in [0.05, 0.1) is 12.7 Å². The zero-order valence-corrected chi connectivity index (χ0v) is 16.5. The second-order valence-electron chi connectivity index (χ2n) is 6.85. The molecule has 0 aliphatic rings. The summed E-state index contributed by atoms with van der Waals surface area (Å²) in [5, 5.41) is 5.57. The molecule has 0 saturated heterocycles. The fraction of sp³-hybridized carbons (Fsp3) is 0.227. The van der Waals surface area contributed by atoms with Crippen molar-refractivity contribution in [1.82, 2.24) is 5.32 Å². The SMILES string of the molecule is Cc1ccc2c(CC(=O)OCC(=O)NC(=O)Nc3cccc(C)c3C)coc2c1. The highest BCUT2D eigenvalue weighted by molar-refractivity contribution is 6.02. The fourth-order valence-corrected chi connectivity index (χ4v) is 2.88. The number of fused-ring (bicyclic) bond motifs is 1. The minimum absolute atomic E-state index is 0.0297. The van der Waals surface area contributed by atoms with Gasteiger partial charge < -0.3 is 14.5 Å². The molecule has 7 nitrogen and oxygen atoms in total. The second-order valence-corrected chi connectivity index (χ2v) is 6.85. The molecule has 0 unspecified atom stereocenters. The van der Waals surface area contributed by atoms with E-state index >= 15 is 0 Å². The van der Waals surface area contributed by atoms with E-state index in [0.29, 0.717) is 16.8 Å². The van der Waals surface area contributed by atoms with Crippen molar-refractivity contribution in [3.63, 3.8) is 0 Å². The number of furan rings is 1. The molecule has 3 rings (SSSR count). The first-order chi connectivity index (χ1) is 13.8. The lowest BCUT2D eigenvalue weighted by Crippen LogP contribution is -2.37. The zero-order valence-electron chi connectivity index (χ0n) is 16.5. The van der Waals surface area contributed by atoms with Crippen LogP contribution in [0.3, 0.4) is 0 Å².